The Morgan fingerprint density at radius 3 is 1.88 bits per heavy atom. The molecule has 1 rings (SSSR count). The Hall–Kier alpha value is -1.31. The van der Waals surface area contributed by atoms with Gasteiger partial charge in [-0.25, -0.2) is 17.6 Å². The first-order valence-electron chi connectivity index (χ1n) is 3.81. The minimum atomic E-state index is -5.09. The fraction of sp³-hybridized carbons (Fsp3) is 0.250. The van der Waals surface area contributed by atoms with Crippen LogP contribution in [0.15, 0.2) is 6.07 Å². The first-order chi connectivity index (χ1) is 7.16. The summed E-state index contributed by atoms with van der Waals surface area (Å²) in [5.74, 6) is -8.59. The zero-order chi connectivity index (χ0) is 12.7. The van der Waals surface area contributed by atoms with Gasteiger partial charge in [-0.15, -0.1) is 0 Å². The van der Waals surface area contributed by atoms with Crippen LogP contribution in [-0.4, -0.2) is 6.18 Å². The van der Waals surface area contributed by atoms with Crippen molar-refractivity contribution in [1.29, 1.82) is 0 Å². The molecule has 0 amide bonds. The van der Waals surface area contributed by atoms with Crippen LogP contribution in [0.3, 0.4) is 0 Å². The maximum absolute atomic E-state index is 12.9. The zero-order valence-electron chi connectivity index (χ0n) is 7.38. The normalized spacial score (nSPS) is 14.0. The second-order valence-electron chi connectivity index (χ2n) is 2.91. The van der Waals surface area contributed by atoms with E-state index in [4.69, 9.17) is 0 Å². The lowest BCUT2D eigenvalue weighted by atomic mass is 10.1. The Balaban J connectivity index is 3.36. The van der Waals surface area contributed by atoms with Crippen molar-refractivity contribution in [1.82, 2.24) is 0 Å². The van der Waals surface area contributed by atoms with Gasteiger partial charge < -0.3 is 5.73 Å². The summed E-state index contributed by atoms with van der Waals surface area (Å²) < 4.78 is 86.6. The highest BCUT2D eigenvalue weighted by atomic mass is 19.4. The summed E-state index contributed by atoms with van der Waals surface area (Å²) >= 11 is 0. The van der Waals surface area contributed by atoms with E-state index >= 15 is 0 Å². The molecule has 0 radical (unpaired) electrons. The molecule has 0 saturated carbocycles. The molecule has 16 heavy (non-hydrogen) atoms. The standard InChI is InChI=1S/C8H4F7N/c9-3-1-2(7(16)8(13,14)15)4(10)6(12)5(3)11/h1,7H,16H2/t7-/m1/s1. The van der Waals surface area contributed by atoms with Crippen LogP contribution in [0.25, 0.3) is 0 Å². The molecule has 0 bridgehead atoms. The molecule has 1 aromatic carbocycles. The van der Waals surface area contributed by atoms with E-state index in [2.05, 4.69) is 5.73 Å². The van der Waals surface area contributed by atoms with Crippen LogP contribution in [0.2, 0.25) is 0 Å². The molecule has 1 atom stereocenters. The maximum Gasteiger partial charge on any atom is 0.407 e. The molecule has 0 aromatic heterocycles. The Bertz CT molecular complexity index is 412. The van der Waals surface area contributed by atoms with E-state index in [1.165, 1.54) is 0 Å². The number of halogens is 7. The van der Waals surface area contributed by atoms with Crippen molar-refractivity contribution in [2.75, 3.05) is 0 Å². The number of rotatable bonds is 1. The first kappa shape index (κ1) is 12.8. The second kappa shape index (κ2) is 3.93. The second-order valence-corrected chi connectivity index (χ2v) is 2.91. The lowest BCUT2D eigenvalue weighted by molar-refractivity contribution is -0.149. The van der Waals surface area contributed by atoms with Crippen molar-refractivity contribution in [2.45, 2.75) is 12.2 Å². The highest BCUT2D eigenvalue weighted by Gasteiger charge is 2.40. The third-order valence-electron chi connectivity index (χ3n) is 1.82. The van der Waals surface area contributed by atoms with E-state index in [-0.39, 0.29) is 6.07 Å². The largest absolute Gasteiger partial charge is 0.407 e. The Labute approximate surface area is 84.7 Å². The van der Waals surface area contributed by atoms with Gasteiger partial charge in [0.15, 0.2) is 23.3 Å². The van der Waals surface area contributed by atoms with Crippen molar-refractivity contribution in [3.8, 4) is 0 Å². The van der Waals surface area contributed by atoms with Crippen molar-refractivity contribution >= 4 is 0 Å². The first-order valence-corrected chi connectivity index (χ1v) is 3.81. The molecule has 0 aliphatic heterocycles. The SMILES string of the molecule is N[C@H](c1cc(F)c(F)c(F)c1F)C(F)(F)F. The summed E-state index contributed by atoms with van der Waals surface area (Å²) in [6.07, 6.45) is -5.09. The molecule has 0 saturated heterocycles. The molecule has 0 unspecified atom stereocenters. The smallest absolute Gasteiger partial charge is 0.316 e. The van der Waals surface area contributed by atoms with Crippen LogP contribution in [0, 0.1) is 23.3 Å². The Kier molecular flexibility index (Phi) is 3.13. The summed E-state index contributed by atoms with van der Waals surface area (Å²) in [4.78, 5) is 0. The summed E-state index contributed by atoms with van der Waals surface area (Å²) in [6.45, 7) is 0. The van der Waals surface area contributed by atoms with Crippen LogP contribution < -0.4 is 5.73 Å². The summed E-state index contributed by atoms with van der Waals surface area (Å²) in [7, 11) is 0. The summed E-state index contributed by atoms with van der Waals surface area (Å²) in [6, 6.07) is -3.04. The van der Waals surface area contributed by atoms with Gasteiger partial charge in [-0.2, -0.15) is 13.2 Å². The van der Waals surface area contributed by atoms with Crippen molar-refractivity contribution in [3.05, 3.63) is 34.9 Å². The highest BCUT2D eigenvalue weighted by Crippen LogP contribution is 2.33. The molecule has 0 aliphatic carbocycles. The molecule has 0 fully saturated rings. The molecule has 0 spiro atoms. The van der Waals surface area contributed by atoms with E-state index in [1.807, 2.05) is 0 Å². The number of benzene rings is 1. The predicted octanol–water partition coefficient (Wildman–Crippen LogP) is 2.81. The van der Waals surface area contributed by atoms with Gasteiger partial charge in [0.1, 0.15) is 6.04 Å². The number of nitrogens with two attached hydrogens (primary N) is 1. The van der Waals surface area contributed by atoms with Crippen LogP contribution in [0.1, 0.15) is 11.6 Å². The lowest BCUT2D eigenvalue weighted by Gasteiger charge is -2.16. The van der Waals surface area contributed by atoms with Gasteiger partial charge in [0.05, 0.1) is 0 Å². The molecule has 2 N–H and O–H groups in total. The van der Waals surface area contributed by atoms with E-state index in [9.17, 15) is 30.7 Å². The number of hydrogen-bond acceptors (Lipinski definition) is 1. The van der Waals surface area contributed by atoms with Crippen LogP contribution in [-0.2, 0) is 0 Å². The van der Waals surface area contributed by atoms with E-state index in [0.29, 0.717) is 0 Å². The van der Waals surface area contributed by atoms with Crippen LogP contribution >= 0.6 is 0 Å². The zero-order valence-corrected chi connectivity index (χ0v) is 7.38. The molecular weight excluding hydrogens is 243 g/mol. The Morgan fingerprint density at radius 2 is 1.44 bits per heavy atom. The minimum Gasteiger partial charge on any atom is -0.316 e. The van der Waals surface area contributed by atoms with Gasteiger partial charge in [-0.1, -0.05) is 0 Å². The molecule has 8 heteroatoms. The lowest BCUT2D eigenvalue weighted by Crippen LogP contribution is -2.30. The van der Waals surface area contributed by atoms with Gasteiger partial charge >= 0.3 is 6.18 Å². The highest BCUT2D eigenvalue weighted by molar-refractivity contribution is 5.25. The van der Waals surface area contributed by atoms with Crippen molar-refractivity contribution < 1.29 is 30.7 Å². The number of hydrogen-bond donors (Lipinski definition) is 1. The van der Waals surface area contributed by atoms with Gasteiger partial charge in [0, 0.05) is 5.56 Å². The predicted molar refractivity (Wildman–Crippen MR) is 39.3 cm³/mol. The summed E-state index contributed by atoms with van der Waals surface area (Å²) in [5, 5.41) is 0. The fourth-order valence-electron chi connectivity index (χ4n) is 0.994. The van der Waals surface area contributed by atoms with Crippen molar-refractivity contribution in [2.24, 2.45) is 5.73 Å². The molecular formula is C8H4F7N. The molecule has 90 valence electrons. The minimum absolute atomic E-state index is 0.119. The third kappa shape index (κ3) is 2.11. The van der Waals surface area contributed by atoms with E-state index < -0.39 is 41.1 Å². The van der Waals surface area contributed by atoms with E-state index in [0.717, 1.165) is 0 Å². The van der Waals surface area contributed by atoms with Crippen LogP contribution in [0.4, 0.5) is 30.7 Å². The fourth-order valence-corrected chi connectivity index (χ4v) is 0.994. The topological polar surface area (TPSA) is 26.0 Å². The van der Waals surface area contributed by atoms with Gasteiger partial charge in [0.25, 0.3) is 0 Å². The molecule has 1 aromatic rings. The quantitative estimate of drug-likeness (QED) is 0.461. The maximum atomic E-state index is 12.9. The van der Waals surface area contributed by atoms with Gasteiger partial charge in [-0.3, -0.25) is 0 Å². The molecule has 1 nitrogen and oxygen atoms in total. The van der Waals surface area contributed by atoms with Gasteiger partial charge in [0.2, 0.25) is 0 Å². The molecule has 0 aliphatic rings. The van der Waals surface area contributed by atoms with Crippen LogP contribution in [0.5, 0.6) is 0 Å². The van der Waals surface area contributed by atoms with E-state index in [1.54, 1.807) is 0 Å². The third-order valence-corrected chi connectivity index (χ3v) is 1.82. The van der Waals surface area contributed by atoms with Crippen molar-refractivity contribution in [3.63, 3.8) is 0 Å². The monoisotopic (exact) mass is 247 g/mol. The van der Waals surface area contributed by atoms with Gasteiger partial charge in [-0.05, 0) is 6.07 Å². The average Bonchev–Trinajstić information content (AvgIpc) is 2.18. The average molecular weight is 247 g/mol. The number of alkyl halides is 3. The summed E-state index contributed by atoms with van der Waals surface area (Å²) in [5.41, 5.74) is 3.06. The molecule has 0 heterocycles. The Morgan fingerprint density at radius 1 is 0.938 bits per heavy atom.